The minimum absolute atomic E-state index is 0.482. The number of hydrogen-bond donors (Lipinski definition) is 2. The summed E-state index contributed by atoms with van der Waals surface area (Å²) in [6, 6.07) is 3.22. The van der Waals surface area contributed by atoms with Crippen molar-refractivity contribution >= 4 is 11.2 Å². The molecule has 3 N–H and O–H groups in total. The molecule has 2 rings (SSSR count). The van der Waals surface area contributed by atoms with Gasteiger partial charge in [-0.1, -0.05) is 0 Å². The van der Waals surface area contributed by atoms with Crippen LogP contribution in [-0.4, -0.2) is 25.7 Å². The first kappa shape index (κ1) is 10.1. The topological polar surface area (TPSA) is 77.0 Å². The van der Waals surface area contributed by atoms with Gasteiger partial charge in [-0.15, -0.1) is 0 Å². The molecule has 0 saturated carbocycles. The zero-order valence-corrected chi connectivity index (χ0v) is 8.75. The quantitative estimate of drug-likeness (QED) is 0.743. The highest BCUT2D eigenvalue weighted by atomic mass is 16.3. The van der Waals surface area contributed by atoms with Gasteiger partial charge in [-0.05, 0) is 19.1 Å². The van der Waals surface area contributed by atoms with E-state index in [4.69, 9.17) is 5.73 Å². The second-order valence-corrected chi connectivity index (χ2v) is 3.64. The number of nitrogens with zero attached hydrogens (tertiary/aromatic N) is 3. The van der Waals surface area contributed by atoms with E-state index in [1.54, 1.807) is 13.1 Å². The van der Waals surface area contributed by atoms with Gasteiger partial charge in [0, 0.05) is 13.2 Å². The SMILES string of the molecule is CC(O)C(N)c1nc2cccnc2n1C. The van der Waals surface area contributed by atoms with Crippen LogP contribution in [0.5, 0.6) is 0 Å². The van der Waals surface area contributed by atoms with E-state index in [9.17, 15) is 5.11 Å². The highest BCUT2D eigenvalue weighted by molar-refractivity contribution is 5.71. The molecule has 0 bridgehead atoms. The molecular formula is C10H14N4O. The Kier molecular flexibility index (Phi) is 2.42. The normalized spacial score (nSPS) is 15.5. The average molecular weight is 206 g/mol. The predicted molar refractivity (Wildman–Crippen MR) is 57.1 cm³/mol. The number of nitrogens with two attached hydrogens (primary N) is 1. The van der Waals surface area contributed by atoms with E-state index in [1.165, 1.54) is 0 Å². The molecule has 80 valence electrons. The summed E-state index contributed by atoms with van der Waals surface area (Å²) >= 11 is 0. The summed E-state index contributed by atoms with van der Waals surface area (Å²) in [4.78, 5) is 8.56. The van der Waals surface area contributed by atoms with E-state index in [1.807, 2.05) is 23.7 Å². The Bertz CT molecular complexity index is 477. The van der Waals surface area contributed by atoms with Crippen molar-refractivity contribution in [3.63, 3.8) is 0 Å². The van der Waals surface area contributed by atoms with Gasteiger partial charge < -0.3 is 15.4 Å². The zero-order chi connectivity index (χ0) is 11.0. The molecular weight excluding hydrogens is 192 g/mol. The standard InChI is InChI=1S/C10H14N4O/c1-6(15)8(11)10-13-7-4-3-5-12-9(7)14(10)2/h3-6,8,15H,11H2,1-2H3. The summed E-state index contributed by atoms with van der Waals surface area (Å²) in [7, 11) is 1.85. The first-order valence-electron chi connectivity index (χ1n) is 4.82. The summed E-state index contributed by atoms with van der Waals surface area (Å²) < 4.78 is 1.81. The fourth-order valence-corrected chi connectivity index (χ4v) is 1.55. The van der Waals surface area contributed by atoms with Gasteiger partial charge in [0.05, 0.1) is 12.1 Å². The van der Waals surface area contributed by atoms with Gasteiger partial charge in [-0.3, -0.25) is 0 Å². The maximum atomic E-state index is 9.43. The van der Waals surface area contributed by atoms with Crippen LogP contribution in [0.1, 0.15) is 18.8 Å². The largest absolute Gasteiger partial charge is 0.391 e. The number of imidazole rings is 1. The zero-order valence-electron chi connectivity index (χ0n) is 8.75. The van der Waals surface area contributed by atoms with Crippen LogP contribution in [0.2, 0.25) is 0 Å². The van der Waals surface area contributed by atoms with Crippen LogP contribution in [0.4, 0.5) is 0 Å². The van der Waals surface area contributed by atoms with E-state index in [0.717, 1.165) is 11.2 Å². The Labute approximate surface area is 87.6 Å². The number of aliphatic hydroxyl groups is 1. The van der Waals surface area contributed by atoms with Crippen LogP contribution in [-0.2, 0) is 7.05 Å². The molecule has 0 spiro atoms. The summed E-state index contributed by atoms with van der Waals surface area (Å²) in [5.41, 5.74) is 7.42. The van der Waals surface area contributed by atoms with Crippen LogP contribution in [0.25, 0.3) is 11.2 Å². The first-order chi connectivity index (χ1) is 7.11. The lowest BCUT2D eigenvalue weighted by Gasteiger charge is -2.13. The molecule has 0 saturated heterocycles. The van der Waals surface area contributed by atoms with Gasteiger partial charge in [0.25, 0.3) is 0 Å². The summed E-state index contributed by atoms with van der Waals surface area (Å²) in [6.45, 7) is 1.65. The van der Waals surface area contributed by atoms with Gasteiger partial charge in [-0.25, -0.2) is 9.97 Å². The summed E-state index contributed by atoms with van der Waals surface area (Å²) in [5.74, 6) is 0.652. The van der Waals surface area contributed by atoms with Crippen molar-refractivity contribution in [2.45, 2.75) is 19.1 Å². The molecule has 0 aliphatic rings. The molecule has 0 radical (unpaired) electrons. The molecule has 2 aromatic heterocycles. The third-order valence-corrected chi connectivity index (χ3v) is 2.48. The Hall–Kier alpha value is -1.46. The van der Waals surface area contributed by atoms with Crippen LogP contribution in [0.15, 0.2) is 18.3 Å². The summed E-state index contributed by atoms with van der Waals surface area (Å²) in [5, 5.41) is 9.43. The molecule has 2 unspecified atom stereocenters. The predicted octanol–water partition coefficient (Wildman–Crippen LogP) is 0.349. The van der Waals surface area contributed by atoms with E-state index in [2.05, 4.69) is 9.97 Å². The van der Waals surface area contributed by atoms with E-state index >= 15 is 0 Å². The van der Waals surface area contributed by atoms with E-state index in [0.29, 0.717) is 5.82 Å². The minimum Gasteiger partial charge on any atom is -0.391 e. The molecule has 0 fully saturated rings. The van der Waals surface area contributed by atoms with Crippen molar-refractivity contribution in [2.24, 2.45) is 12.8 Å². The van der Waals surface area contributed by atoms with Gasteiger partial charge in [0.2, 0.25) is 0 Å². The number of hydrogen-bond acceptors (Lipinski definition) is 4. The van der Waals surface area contributed by atoms with Crippen molar-refractivity contribution in [3.8, 4) is 0 Å². The van der Waals surface area contributed by atoms with Gasteiger partial charge in [0.15, 0.2) is 5.65 Å². The Morgan fingerprint density at radius 3 is 2.87 bits per heavy atom. The number of aromatic nitrogens is 3. The minimum atomic E-state index is -0.625. The molecule has 0 aromatic carbocycles. The Morgan fingerprint density at radius 2 is 2.27 bits per heavy atom. The lowest BCUT2D eigenvalue weighted by Crippen LogP contribution is -2.26. The smallest absolute Gasteiger partial charge is 0.159 e. The number of fused-ring (bicyclic) bond motifs is 1. The first-order valence-corrected chi connectivity index (χ1v) is 4.82. The fourth-order valence-electron chi connectivity index (χ4n) is 1.55. The van der Waals surface area contributed by atoms with Crippen LogP contribution in [0.3, 0.4) is 0 Å². The van der Waals surface area contributed by atoms with Crippen LogP contribution in [0, 0.1) is 0 Å². The van der Waals surface area contributed by atoms with Gasteiger partial charge in [-0.2, -0.15) is 0 Å². The summed E-state index contributed by atoms with van der Waals surface area (Å²) in [6.07, 6.45) is 1.09. The number of rotatable bonds is 2. The maximum Gasteiger partial charge on any atom is 0.159 e. The third-order valence-electron chi connectivity index (χ3n) is 2.48. The number of aliphatic hydroxyl groups excluding tert-OH is 1. The van der Waals surface area contributed by atoms with Crippen molar-refractivity contribution in [1.29, 1.82) is 0 Å². The van der Waals surface area contributed by atoms with Crippen molar-refractivity contribution in [3.05, 3.63) is 24.2 Å². The van der Waals surface area contributed by atoms with Crippen molar-refractivity contribution < 1.29 is 5.11 Å². The second-order valence-electron chi connectivity index (χ2n) is 3.64. The molecule has 0 amide bonds. The van der Waals surface area contributed by atoms with Crippen molar-refractivity contribution in [1.82, 2.24) is 14.5 Å². The van der Waals surface area contributed by atoms with E-state index in [-0.39, 0.29) is 0 Å². The lowest BCUT2D eigenvalue weighted by atomic mass is 10.2. The molecule has 2 heterocycles. The molecule has 15 heavy (non-hydrogen) atoms. The van der Waals surface area contributed by atoms with Crippen molar-refractivity contribution in [2.75, 3.05) is 0 Å². The lowest BCUT2D eigenvalue weighted by molar-refractivity contribution is 0.159. The number of aryl methyl sites for hydroxylation is 1. The van der Waals surface area contributed by atoms with E-state index < -0.39 is 12.1 Å². The maximum absolute atomic E-state index is 9.43. The molecule has 0 aliphatic heterocycles. The highest BCUT2D eigenvalue weighted by Crippen LogP contribution is 2.18. The second kappa shape index (κ2) is 3.60. The average Bonchev–Trinajstić information content (AvgIpc) is 2.56. The third kappa shape index (κ3) is 1.60. The van der Waals surface area contributed by atoms with Crippen LogP contribution >= 0.6 is 0 Å². The molecule has 5 heteroatoms. The molecule has 2 atom stereocenters. The Balaban J connectivity index is 2.58. The Morgan fingerprint density at radius 1 is 1.53 bits per heavy atom. The van der Waals surface area contributed by atoms with Gasteiger partial charge in [0.1, 0.15) is 11.3 Å². The highest BCUT2D eigenvalue weighted by Gasteiger charge is 2.19. The molecule has 2 aromatic rings. The van der Waals surface area contributed by atoms with Gasteiger partial charge >= 0.3 is 0 Å². The monoisotopic (exact) mass is 206 g/mol. The molecule has 5 nitrogen and oxygen atoms in total. The van der Waals surface area contributed by atoms with Crippen LogP contribution < -0.4 is 5.73 Å². The molecule has 0 aliphatic carbocycles. The number of pyridine rings is 1. The fraction of sp³-hybridized carbons (Fsp3) is 0.400.